The molecule has 0 spiro atoms. The molecule has 1 heterocycles. The van der Waals surface area contributed by atoms with Crippen LogP contribution in [-0.4, -0.2) is 26.9 Å². The van der Waals surface area contributed by atoms with Crippen molar-refractivity contribution >= 4 is 23.4 Å². The number of fused-ring (bicyclic) bond motifs is 1. The van der Waals surface area contributed by atoms with E-state index in [0.717, 1.165) is 16.6 Å². The molecule has 1 atom stereocenters. The highest BCUT2D eigenvalue weighted by atomic mass is 35.5. The molecule has 0 aliphatic rings. The van der Waals surface area contributed by atoms with Gasteiger partial charge >= 0.3 is 5.69 Å². The summed E-state index contributed by atoms with van der Waals surface area (Å²) in [5.74, 6) is 0. The van der Waals surface area contributed by atoms with E-state index in [1.807, 2.05) is 18.2 Å². The topological polar surface area (TPSA) is 59.2 Å². The van der Waals surface area contributed by atoms with Crippen LogP contribution in [0.2, 0.25) is 0 Å². The van der Waals surface area contributed by atoms with Crippen molar-refractivity contribution in [3.8, 4) is 0 Å². The Kier molecular flexibility index (Phi) is 5.17. The Balaban J connectivity index is 0.00000180. The van der Waals surface area contributed by atoms with Gasteiger partial charge in [-0.25, -0.2) is 4.79 Å². The smallest absolute Gasteiger partial charge is 0.328 e. The normalized spacial score (nSPS) is 12.4. The van der Waals surface area contributed by atoms with Crippen LogP contribution in [0.1, 0.15) is 12.5 Å². The first kappa shape index (κ1) is 15.8. The number of aryl methyl sites for hydroxylation is 2. The summed E-state index contributed by atoms with van der Waals surface area (Å²) in [6.07, 6.45) is -0.352. The lowest BCUT2D eigenvalue weighted by atomic mass is 10.2. The first-order valence-corrected chi connectivity index (χ1v) is 6.04. The van der Waals surface area contributed by atoms with Crippen LogP contribution in [0.3, 0.4) is 0 Å². The van der Waals surface area contributed by atoms with E-state index >= 15 is 0 Å². The molecule has 0 fully saturated rings. The van der Waals surface area contributed by atoms with Gasteiger partial charge in [0.2, 0.25) is 0 Å². The number of rotatable bonds is 4. The largest absolute Gasteiger partial charge is 0.392 e. The molecule has 0 radical (unpaired) electrons. The van der Waals surface area contributed by atoms with Crippen LogP contribution in [0.5, 0.6) is 0 Å². The summed E-state index contributed by atoms with van der Waals surface area (Å²) in [6.45, 7) is 2.99. The Bertz CT molecular complexity index is 616. The van der Waals surface area contributed by atoms with Gasteiger partial charge in [-0.3, -0.25) is 9.13 Å². The first-order chi connectivity index (χ1) is 8.50. The second-order valence-corrected chi connectivity index (χ2v) is 4.70. The van der Waals surface area contributed by atoms with Crippen molar-refractivity contribution in [1.82, 2.24) is 14.5 Å². The molecule has 2 aromatic rings. The first-order valence-electron chi connectivity index (χ1n) is 6.04. The van der Waals surface area contributed by atoms with E-state index in [4.69, 9.17) is 0 Å². The predicted molar refractivity (Wildman–Crippen MR) is 78.8 cm³/mol. The van der Waals surface area contributed by atoms with Gasteiger partial charge in [0.1, 0.15) is 0 Å². The van der Waals surface area contributed by atoms with E-state index in [9.17, 15) is 9.90 Å². The van der Waals surface area contributed by atoms with Gasteiger partial charge in [0, 0.05) is 27.2 Å². The molecule has 1 aromatic heterocycles. The van der Waals surface area contributed by atoms with Crippen LogP contribution in [0.25, 0.3) is 11.0 Å². The summed E-state index contributed by atoms with van der Waals surface area (Å²) in [7, 11) is 3.55. The minimum atomic E-state index is -0.352. The summed E-state index contributed by atoms with van der Waals surface area (Å²) >= 11 is 0. The van der Waals surface area contributed by atoms with Crippen molar-refractivity contribution in [1.29, 1.82) is 0 Å². The van der Waals surface area contributed by atoms with Gasteiger partial charge in [0.05, 0.1) is 17.1 Å². The molecule has 2 N–H and O–H groups in total. The molecule has 0 aliphatic carbocycles. The minimum absolute atomic E-state index is 0. The van der Waals surface area contributed by atoms with Crippen LogP contribution in [0, 0.1) is 0 Å². The van der Waals surface area contributed by atoms with Crippen LogP contribution < -0.4 is 11.0 Å². The Hall–Kier alpha value is -1.30. The number of aliphatic hydroxyl groups is 1. The average Bonchev–Trinajstić information content (AvgIpc) is 2.54. The fourth-order valence-corrected chi connectivity index (χ4v) is 2.09. The van der Waals surface area contributed by atoms with Crippen molar-refractivity contribution in [2.75, 3.05) is 6.54 Å². The number of nitrogens with zero attached hydrogens (tertiary/aromatic N) is 2. The van der Waals surface area contributed by atoms with Gasteiger partial charge in [0.25, 0.3) is 0 Å². The van der Waals surface area contributed by atoms with E-state index < -0.39 is 0 Å². The molecule has 2 rings (SSSR count). The zero-order valence-corrected chi connectivity index (χ0v) is 12.2. The van der Waals surface area contributed by atoms with E-state index in [-0.39, 0.29) is 24.2 Å². The molecular weight excluding hydrogens is 266 g/mol. The Morgan fingerprint density at radius 2 is 1.89 bits per heavy atom. The van der Waals surface area contributed by atoms with Crippen LogP contribution in [0.15, 0.2) is 23.0 Å². The van der Waals surface area contributed by atoms with Gasteiger partial charge in [-0.15, -0.1) is 12.4 Å². The quantitative estimate of drug-likeness (QED) is 0.872. The molecule has 1 aromatic carbocycles. The minimum Gasteiger partial charge on any atom is -0.392 e. The Morgan fingerprint density at radius 1 is 1.26 bits per heavy atom. The standard InChI is InChI=1S/C13H19N3O2.ClH/c1-9(17)7-14-8-10-4-5-11-12(6-10)16(3)13(18)15(11)2;/h4-6,9,14,17H,7-8H2,1-3H3;1H. The van der Waals surface area contributed by atoms with Gasteiger partial charge in [-0.05, 0) is 24.6 Å². The zero-order valence-electron chi connectivity index (χ0n) is 11.4. The van der Waals surface area contributed by atoms with Crippen molar-refractivity contribution < 1.29 is 5.11 Å². The maximum absolute atomic E-state index is 11.8. The third-order valence-corrected chi connectivity index (χ3v) is 3.11. The van der Waals surface area contributed by atoms with E-state index in [1.165, 1.54) is 0 Å². The zero-order chi connectivity index (χ0) is 13.3. The highest BCUT2D eigenvalue weighted by Gasteiger charge is 2.07. The lowest BCUT2D eigenvalue weighted by molar-refractivity contribution is 0.191. The number of aliphatic hydroxyl groups excluding tert-OH is 1. The maximum Gasteiger partial charge on any atom is 0.328 e. The molecule has 6 heteroatoms. The third-order valence-electron chi connectivity index (χ3n) is 3.11. The van der Waals surface area contributed by atoms with E-state index in [2.05, 4.69) is 5.32 Å². The molecule has 1 unspecified atom stereocenters. The van der Waals surface area contributed by atoms with Crippen molar-refractivity contribution in [3.63, 3.8) is 0 Å². The van der Waals surface area contributed by atoms with Gasteiger partial charge in [0.15, 0.2) is 0 Å². The summed E-state index contributed by atoms with van der Waals surface area (Å²) in [5, 5.41) is 12.3. The highest BCUT2D eigenvalue weighted by molar-refractivity contribution is 5.85. The number of hydrogen-bond acceptors (Lipinski definition) is 3. The van der Waals surface area contributed by atoms with Crippen molar-refractivity contribution in [3.05, 3.63) is 34.2 Å². The SMILES string of the molecule is CC(O)CNCc1ccc2c(c1)n(C)c(=O)n2C.Cl. The number of halogens is 1. The lowest BCUT2D eigenvalue weighted by Crippen LogP contribution is -2.23. The number of aromatic nitrogens is 2. The monoisotopic (exact) mass is 285 g/mol. The van der Waals surface area contributed by atoms with E-state index in [1.54, 1.807) is 30.2 Å². The van der Waals surface area contributed by atoms with Crippen LogP contribution in [-0.2, 0) is 20.6 Å². The second kappa shape index (κ2) is 6.23. The van der Waals surface area contributed by atoms with E-state index in [0.29, 0.717) is 13.1 Å². The Labute approximate surface area is 118 Å². The molecule has 106 valence electrons. The predicted octanol–water partition coefficient (Wildman–Crippen LogP) is 0.769. The fourth-order valence-electron chi connectivity index (χ4n) is 2.09. The number of imidazole rings is 1. The number of benzene rings is 1. The summed E-state index contributed by atoms with van der Waals surface area (Å²) in [4.78, 5) is 11.8. The maximum atomic E-state index is 11.8. The molecule has 19 heavy (non-hydrogen) atoms. The molecule has 5 nitrogen and oxygen atoms in total. The third kappa shape index (κ3) is 3.18. The molecular formula is C13H20ClN3O2. The average molecular weight is 286 g/mol. The van der Waals surface area contributed by atoms with Gasteiger partial charge < -0.3 is 10.4 Å². The molecule has 0 saturated carbocycles. The second-order valence-electron chi connectivity index (χ2n) is 4.70. The summed E-state index contributed by atoms with van der Waals surface area (Å²) < 4.78 is 3.29. The summed E-state index contributed by atoms with van der Waals surface area (Å²) in [5.41, 5.74) is 2.95. The number of hydrogen-bond donors (Lipinski definition) is 2. The van der Waals surface area contributed by atoms with Crippen molar-refractivity contribution in [2.45, 2.75) is 19.6 Å². The molecule has 0 bridgehead atoms. The molecule has 0 saturated heterocycles. The van der Waals surface area contributed by atoms with Crippen LogP contribution >= 0.6 is 12.4 Å². The molecule has 0 aliphatic heterocycles. The van der Waals surface area contributed by atoms with Gasteiger partial charge in [-0.2, -0.15) is 0 Å². The number of nitrogens with one attached hydrogen (secondary N) is 1. The highest BCUT2D eigenvalue weighted by Crippen LogP contribution is 2.13. The van der Waals surface area contributed by atoms with Crippen molar-refractivity contribution in [2.24, 2.45) is 14.1 Å². The fraction of sp³-hybridized carbons (Fsp3) is 0.462. The summed E-state index contributed by atoms with van der Waals surface area (Å²) in [6, 6.07) is 5.96. The van der Waals surface area contributed by atoms with Crippen LogP contribution in [0.4, 0.5) is 0 Å². The molecule has 0 amide bonds. The lowest BCUT2D eigenvalue weighted by Gasteiger charge is -2.07. The van der Waals surface area contributed by atoms with Gasteiger partial charge in [-0.1, -0.05) is 6.07 Å². The Morgan fingerprint density at radius 3 is 2.53 bits per heavy atom.